The maximum absolute atomic E-state index is 13.4. The summed E-state index contributed by atoms with van der Waals surface area (Å²) in [4.78, 5) is 17.4. The Morgan fingerprint density at radius 2 is 1.50 bits per heavy atom. The van der Waals surface area contributed by atoms with Gasteiger partial charge in [0.1, 0.15) is 10.7 Å². The molecule has 1 amide bonds. The number of anilines is 1. The Labute approximate surface area is 243 Å². The molecule has 0 aliphatic carbocycles. The van der Waals surface area contributed by atoms with Crippen molar-refractivity contribution in [2.24, 2.45) is 5.73 Å². The molecule has 0 radical (unpaired) electrons. The molecule has 0 bridgehead atoms. The van der Waals surface area contributed by atoms with Crippen LogP contribution in [0.25, 0.3) is 21.7 Å². The standard InChI is InChI=1S/C28H23N5O3S.2ClH.H2O/c29-27(30)20-14-12-18(13-15-20)17-32-28(34)23-9-2-8-22-21(23)7-3-10-24(22)33-37(35,36)25-11-1-5-19-6-4-16-31-26(19)25;;;/h1-16,33H,17H2,(H3,29,30)(H,32,34);2*1H;1H2. The van der Waals surface area contributed by atoms with Crippen molar-refractivity contribution in [2.45, 2.75) is 11.4 Å². The monoisotopic (exact) mass is 599 g/mol. The van der Waals surface area contributed by atoms with Crippen LogP contribution in [0.4, 0.5) is 5.69 Å². The molecule has 1 heterocycles. The number of carbonyl (C=O) groups excluding carboxylic acids is 1. The van der Waals surface area contributed by atoms with E-state index >= 15 is 0 Å². The zero-order valence-electron chi connectivity index (χ0n) is 20.9. The molecule has 5 rings (SSSR count). The minimum atomic E-state index is -3.96. The zero-order valence-corrected chi connectivity index (χ0v) is 23.4. The molecule has 0 aliphatic rings. The highest BCUT2D eigenvalue weighted by Crippen LogP contribution is 2.29. The van der Waals surface area contributed by atoms with E-state index in [-0.39, 0.29) is 53.5 Å². The third-order valence-corrected chi connectivity index (χ3v) is 7.41. The summed E-state index contributed by atoms with van der Waals surface area (Å²) in [6, 6.07) is 26.0. The van der Waals surface area contributed by atoms with Crippen LogP contribution >= 0.6 is 24.8 Å². The number of halogens is 2. The number of para-hydroxylation sites is 1. The first-order chi connectivity index (χ1) is 17.8. The number of hydrogen-bond acceptors (Lipinski definition) is 5. The molecular formula is C28H27Cl2N5O4S. The van der Waals surface area contributed by atoms with Crippen molar-refractivity contribution in [3.63, 3.8) is 0 Å². The van der Waals surface area contributed by atoms with Gasteiger partial charge in [0, 0.05) is 34.6 Å². The molecule has 0 saturated carbocycles. The Bertz CT molecular complexity index is 1780. The van der Waals surface area contributed by atoms with Crippen LogP contribution in [0.1, 0.15) is 21.5 Å². The van der Waals surface area contributed by atoms with Gasteiger partial charge in [-0.1, -0.05) is 66.7 Å². The second-order valence-electron chi connectivity index (χ2n) is 8.44. The van der Waals surface area contributed by atoms with E-state index in [1.165, 1.54) is 6.07 Å². The van der Waals surface area contributed by atoms with Crippen LogP contribution in [0.3, 0.4) is 0 Å². The normalized spacial score (nSPS) is 10.5. The van der Waals surface area contributed by atoms with Crippen molar-refractivity contribution in [3.8, 4) is 0 Å². The first kappa shape index (κ1) is 32.0. The number of nitrogens with zero attached hydrogens (tertiary/aromatic N) is 1. The number of rotatable bonds is 7. The van der Waals surface area contributed by atoms with Crippen molar-refractivity contribution < 1.29 is 18.7 Å². The van der Waals surface area contributed by atoms with Gasteiger partial charge in [0.25, 0.3) is 15.9 Å². The lowest BCUT2D eigenvalue weighted by atomic mass is 10.0. The predicted octanol–water partition coefficient (Wildman–Crippen LogP) is 4.42. The van der Waals surface area contributed by atoms with Crippen LogP contribution in [0.5, 0.6) is 0 Å². The second-order valence-corrected chi connectivity index (χ2v) is 10.1. The lowest BCUT2D eigenvalue weighted by Gasteiger charge is -2.14. The molecule has 208 valence electrons. The number of amidine groups is 1. The third-order valence-electron chi connectivity index (χ3n) is 6.01. The van der Waals surface area contributed by atoms with Crippen molar-refractivity contribution in [1.82, 2.24) is 10.3 Å². The van der Waals surface area contributed by atoms with Crippen LogP contribution in [0, 0.1) is 5.41 Å². The van der Waals surface area contributed by atoms with Gasteiger partial charge in [-0.3, -0.25) is 19.9 Å². The van der Waals surface area contributed by atoms with Gasteiger partial charge in [-0.25, -0.2) is 8.42 Å². The van der Waals surface area contributed by atoms with Crippen molar-refractivity contribution in [3.05, 3.63) is 114 Å². The Hall–Kier alpha value is -4.22. The highest BCUT2D eigenvalue weighted by Gasteiger charge is 2.20. The molecule has 1 aromatic heterocycles. The van der Waals surface area contributed by atoms with E-state index in [0.29, 0.717) is 33.1 Å². The molecule has 5 aromatic rings. The maximum atomic E-state index is 13.4. The largest absolute Gasteiger partial charge is 0.412 e. The number of benzene rings is 4. The van der Waals surface area contributed by atoms with Crippen LogP contribution in [0.2, 0.25) is 0 Å². The highest BCUT2D eigenvalue weighted by atomic mass is 35.5. The molecule has 0 aliphatic heterocycles. The van der Waals surface area contributed by atoms with E-state index in [4.69, 9.17) is 11.1 Å². The zero-order chi connectivity index (χ0) is 26.0. The predicted molar refractivity (Wildman–Crippen MR) is 163 cm³/mol. The lowest BCUT2D eigenvalue weighted by molar-refractivity contribution is 0.0952. The summed E-state index contributed by atoms with van der Waals surface area (Å²) in [7, 11) is -3.96. The second kappa shape index (κ2) is 13.2. The number of pyridine rings is 1. The first-order valence-corrected chi connectivity index (χ1v) is 12.9. The quantitative estimate of drug-likeness (QED) is 0.160. The summed E-state index contributed by atoms with van der Waals surface area (Å²) in [6.45, 7) is 0.286. The number of fused-ring (bicyclic) bond motifs is 2. The van der Waals surface area contributed by atoms with E-state index < -0.39 is 10.0 Å². The molecule has 9 nitrogen and oxygen atoms in total. The van der Waals surface area contributed by atoms with E-state index in [0.717, 1.165) is 10.9 Å². The Morgan fingerprint density at radius 1 is 0.850 bits per heavy atom. The van der Waals surface area contributed by atoms with Crippen LogP contribution in [0.15, 0.2) is 102 Å². The fraction of sp³-hybridized carbons (Fsp3) is 0.0357. The first-order valence-electron chi connectivity index (χ1n) is 11.4. The number of nitrogens with one attached hydrogen (secondary N) is 3. The van der Waals surface area contributed by atoms with Gasteiger partial charge in [0.15, 0.2) is 0 Å². The Morgan fingerprint density at radius 3 is 2.23 bits per heavy atom. The SMILES string of the molecule is Cl.Cl.N=C(N)c1ccc(CNC(=O)c2cccc3c(NS(=O)(=O)c4cccc5cccnc45)cccc23)cc1.O. The number of nitrogens with two attached hydrogens (primary N) is 1. The number of aromatic nitrogens is 1. The van der Waals surface area contributed by atoms with E-state index in [1.807, 2.05) is 12.1 Å². The van der Waals surface area contributed by atoms with Crippen LogP contribution < -0.4 is 15.8 Å². The summed E-state index contributed by atoms with van der Waals surface area (Å²) in [6.07, 6.45) is 1.56. The van der Waals surface area contributed by atoms with Crippen molar-refractivity contribution in [1.29, 1.82) is 5.41 Å². The Balaban J connectivity index is 0.00000187. The van der Waals surface area contributed by atoms with Gasteiger partial charge in [-0.05, 0) is 35.2 Å². The van der Waals surface area contributed by atoms with Gasteiger partial charge in [-0.15, -0.1) is 24.8 Å². The minimum Gasteiger partial charge on any atom is -0.412 e. The highest BCUT2D eigenvalue weighted by molar-refractivity contribution is 7.93. The fourth-order valence-corrected chi connectivity index (χ4v) is 5.43. The number of nitrogen functional groups attached to an aromatic ring is 1. The smallest absolute Gasteiger partial charge is 0.264 e. The average Bonchev–Trinajstić information content (AvgIpc) is 2.91. The lowest BCUT2D eigenvalue weighted by Crippen LogP contribution is -2.23. The fourth-order valence-electron chi connectivity index (χ4n) is 4.17. The molecule has 4 aromatic carbocycles. The summed E-state index contributed by atoms with van der Waals surface area (Å²) >= 11 is 0. The molecule has 0 saturated heterocycles. The van der Waals surface area contributed by atoms with Gasteiger partial charge < -0.3 is 16.5 Å². The van der Waals surface area contributed by atoms with Gasteiger partial charge in [-0.2, -0.15) is 0 Å². The molecule has 0 spiro atoms. The van der Waals surface area contributed by atoms with Crippen molar-refractivity contribution >= 4 is 73.9 Å². The van der Waals surface area contributed by atoms with Gasteiger partial charge in [0.2, 0.25) is 0 Å². The summed E-state index contributed by atoms with van der Waals surface area (Å²) in [5, 5.41) is 12.3. The minimum absolute atomic E-state index is 0. The summed E-state index contributed by atoms with van der Waals surface area (Å²) in [5.41, 5.74) is 8.12. The molecular weight excluding hydrogens is 573 g/mol. The maximum Gasteiger partial charge on any atom is 0.264 e. The Kier molecular flexibility index (Phi) is 10.6. The van der Waals surface area contributed by atoms with E-state index in [2.05, 4.69) is 15.0 Å². The summed E-state index contributed by atoms with van der Waals surface area (Å²) in [5.74, 6) is -0.311. The van der Waals surface area contributed by atoms with Crippen LogP contribution in [-0.4, -0.2) is 30.6 Å². The number of amides is 1. The molecule has 0 fully saturated rings. The molecule has 40 heavy (non-hydrogen) atoms. The van der Waals surface area contributed by atoms with E-state index in [1.54, 1.807) is 79.0 Å². The molecule has 12 heteroatoms. The molecule has 0 unspecified atom stereocenters. The number of sulfonamides is 1. The van der Waals surface area contributed by atoms with Gasteiger partial charge >= 0.3 is 0 Å². The molecule has 7 N–H and O–H groups in total. The van der Waals surface area contributed by atoms with Gasteiger partial charge in [0.05, 0.1) is 11.2 Å². The molecule has 0 atom stereocenters. The van der Waals surface area contributed by atoms with E-state index in [9.17, 15) is 13.2 Å². The average molecular weight is 601 g/mol. The van der Waals surface area contributed by atoms with Crippen molar-refractivity contribution in [2.75, 3.05) is 4.72 Å². The topological polar surface area (TPSA) is 170 Å². The van der Waals surface area contributed by atoms with Crippen LogP contribution in [-0.2, 0) is 16.6 Å². The number of carbonyl (C=O) groups is 1. The summed E-state index contributed by atoms with van der Waals surface area (Å²) < 4.78 is 29.4. The number of hydrogen-bond donors (Lipinski definition) is 4. The third kappa shape index (κ3) is 6.49.